The Kier molecular flexibility index (Phi) is 7.56. The molecule has 0 radical (unpaired) electrons. The third-order valence-corrected chi connectivity index (χ3v) is 6.58. The highest BCUT2D eigenvalue weighted by atomic mass is 19.2. The molecule has 4 rings (SSSR count). The predicted molar refractivity (Wildman–Crippen MR) is 114 cm³/mol. The van der Waals surface area contributed by atoms with Crippen LogP contribution in [0, 0.1) is 17.5 Å². The van der Waals surface area contributed by atoms with E-state index in [0.717, 1.165) is 55.1 Å². The van der Waals surface area contributed by atoms with Gasteiger partial charge in [-0.15, -0.1) is 0 Å². The minimum Gasteiger partial charge on any atom is -0.483 e. The van der Waals surface area contributed by atoms with Crippen LogP contribution in [0.4, 0.5) is 13.2 Å². The second-order valence-electron chi connectivity index (χ2n) is 8.42. The lowest BCUT2D eigenvalue weighted by Crippen LogP contribution is -2.41. The Morgan fingerprint density at radius 1 is 1.16 bits per heavy atom. The number of nitrogens with one attached hydrogen (secondary N) is 1. The first-order chi connectivity index (χ1) is 15.3. The van der Waals surface area contributed by atoms with Crippen molar-refractivity contribution in [2.45, 2.75) is 43.6 Å². The van der Waals surface area contributed by atoms with Gasteiger partial charge in [0.05, 0.1) is 0 Å². The number of benzene rings is 2. The van der Waals surface area contributed by atoms with Gasteiger partial charge in [0.25, 0.3) is 6.47 Å². The number of hydrogen-bond acceptors (Lipinski definition) is 3. The topological polar surface area (TPSA) is 69.6 Å². The molecule has 1 atom stereocenters. The number of amides is 1. The number of piperidine rings is 1. The van der Waals surface area contributed by atoms with Gasteiger partial charge in [-0.25, -0.2) is 13.2 Å². The summed E-state index contributed by atoms with van der Waals surface area (Å²) in [6.07, 6.45) is 2.97. The third kappa shape index (κ3) is 5.12. The SMILES string of the molecule is CNC(=O)CC1CC2(CCN(Cc3ccc(F)c(F)c3)CC2)c2cc(F)ccc21.O=CO. The van der Waals surface area contributed by atoms with Crippen LogP contribution < -0.4 is 5.32 Å². The van der Waals surface area contributed by atoms with Crippen LogP contribution >= 0.6 is 0 Å². The molecule has 1 fully saturated rings. The number of rotatable bonds is 4. The molecular formula is C24H27F3N2O3. The van der Waals surface area contributed by atoms with Crippen molar-refractivity contribution in [3.63, 3.8) is 0 Å². The standard InChI is InChI=1S/C23H25F3N2O.CH2O2/c1-27-22(29)11-16-13-23(19-12-17(24)3-4-18(16)19)6-8-28(9-7-23)14-15-2-5-20(25)21(26)10-15;2-1-3/h2-5,10,12,16H,6-9,11,13-14H2,1H3,(H,27,29);1H,(H,2,3). The highest BCUT2D eigenvalue weighted by Crippen LogP contribution is 2.53. The highest BCUT2D eigenvalue weighted by molar-refractivity contribution is 5.77. The Hall–Kier alpha value is -2.87. The summed E-state index contributed by atoms with van der Waals surface area (Å²) in [6, 6.07) is 8.98. The first kappa shape index (κ1) is 23.8. The largest absolute Gasteiger partial charge is 0.483 e. The molecule has 0 bridgehead atoms. The molecule has 8 heteroatoms. The van der Waals surface area contributed by atoms with Crippen molar-refractivity contribution in [2.24, 2.45) is 0 Å². The van der Waals surface area contributed by atoms with Gasteiger partial charge in [0, 0.05) is 20.0 Å². The Morgan fingerprint density at radius 2 is 1.84 bits per heavy atom. The Morgan fingerprint density at radius 3 is 2.47 bits per heavy atom. The highest BCUT2D eigenvalue weighted by Gasteiger charge is 2.45. The molecule has 2 aliphatic rings. The van der Waals surface area contributed by atoms with Gasteiger partial charge in [0.1, 0.15) is 5.82 Å². The number of halogens is 3. The molecule has 1 heterocycles. The van der Waals surface area contributed by atoms with Gasteiger partial charge in [0.15, 0.2) is 11.6 Å². The number of nitrogens with zero attached hydrogens (tertiary/aromatic N) is 1. The fraction of sp³-hybridized carbons (Fsp3) is 0.417. The number of carbonyl (C=O) groups excluding carboxylic acids is 1. The molecule has 172 valence electrons. The van der Waals surface area contributed by atoms with Gasteiger partial charge in [0.2, 0.25) is 5.91 Å². The Balaban J connectivity index is 0.000000913. The number of likely N-dealkylation sites (tertiary alicyclic amines) is 1. The van der Waals surface area contributed by atoms with E-state index >= 15 is 0 Å². The van der Waals surface area contributed by atoms with Gasteiger partial charge in [-0.05, 0) is 84.6 Å². The Bertz CT molecular complexity index is 975. The van der Waals surface area contributed by atoms with Crippen LogP contribution in [0.5, 0.6) is 0 Å². The van der Waals surface area contributed by atoms with Crippen molar-refractivity contribution in [1.82, 2.24) is 10.2 Å². The summed E-state index contributed by atoms with van der Waals surface area (Å²) in [5.74, 6) is -1.80. The van der Waals surface area contributed by atoms with Crippen LogP contribution in [0.25, 0.3) is 0 Å². The third-order valence-electron chi connectivity index (χ3n) is 6.58. The number of fused-ring (bicyclic) bond motifs is 2. The second kappa shape index (κ2) is 10.2. The smallest absolute Gasteiger partial charge is 0.290 e. The monoisotopic (exact) mass is 448 g/mol. The van der Waals surface area contributed by atoms with Gasteiger partial charge < -0.3 is 10.4 Å². The Labute approximate surface area is 185 Å². The molecule has 1 aliphatic heterocycles. The summed E-state index contributed by atoms with van der Waals surface area (Å²) >= 11 is 0. The first-order valence-electron chi connectivity index (χ1n) is 10.6. The van der Waals surface area contributed by atoms with Crippen molar-refractivity contribution in [1.29, 1.82) is 0 Å². The fourth-order valence-corrected chi connectivity index (χ4v) is 5.05. The number of hydrogen-bond donors (Lipinski definition) is 2. The molecule has 2 aromatic rings. The molecular weight excluding hydrogens is 421 g/mol. The zero-order valence-corrected chi connectivity index (χ0v) is 17.9. The predicted octanol–water partition coefficient (Wildman–Crippen LogP) is 3.96. The second-order valence-corrected chi connectivity index (χ2v) is 8.42. The molecule has 2 aromatic carbocycles. The summed E-state index contributed by atoms with van der Waals surface area (Å²) in [4.78, 5) is 22.6. The van der Waals surface area contributed by atoms with Crippen LogP contribution in [0.3, 0.4) is 0 Å². The molecule has 0 saturated carbocycles. The van der Waals surface area contributed by atoms with Gasteiger partial charge in [-0.3, -0.25) is 14.5 Å². The van der Waals surface area contributed by atoms with E-state index in [0.29, 0.717) is 13.0 Å². The minimum atomic E-state index is -0.835. The quantitative estimate of drug-likeness (QED) is 0.695. The van der Waals surface area contributed by atoms with Gasteiger partial charge >= 0.3 is 0 Å². The molecule has 5 nitrogen and oxygen atoms in total. The number of carboxylic acid groups (broad SMARTS) is 1. The molecule has 0 aromatic heterocycles. The van der Waals surface area contributed by atoms with Crippen LogP contribution in [0.1, 0.15) is 48.3 Å². The van der Waals surface area contributed by atoms with E-state index < -0.39 is 11.6 Å². The average Bonchev–Trinajstić information content (AvgIpc) is 3.05. The summed E-state index contributed by atoms with van der Waals surface area (Å²) in [5.41, 5.74) is 2.75. The van der Waals surface area contributed by atoms with Gasteiger partial charge in [-0.2, -0.15) is 0 Å². The van der Waals surface area contributed by atoms with Crippen molar-refractivity contribution in [3.05, 3.63) is 70.5 Å². The van der Waals surface area contributed by atoms with E-state index in [4.69, 9.17) is 9.90 Å². The maximum atomic E-state index is 14.0. The summed E-state index contributed by atoms with van der Waals surface area (Å²) in [6.45, 7) is 1.90. The van der Waals surface area contributed by atoms with E-state index in [2.05, 4.69) is 10.2 Å². The van der Waals surface area contributed by atoms with Crippen LogP contribution in [-0.4, -0.2) is 42.5 Å². The molecule has 32 heavy (non-hydrogen) atoms. The van der Waals surface area contributed by atoms with Crippen LogP contribution in [0.15, 0.2) is 36.4 Å². The van der Waals surface area contributed by atoms with E-state index in [1.807, 2.05) is 6.07 Å². The maximum Gasteiger partial charge on any atom is 0.290 e. The lowest BCUT2D eigenvalue weighted by atomic mass is 9.73. The van der Waals surface area contributed by atoms with Crippen molar-refractivity contribution >= 4 is 12.4 Å². The summed E-state index contributed by atoms with van der Waals surface area (Å²) in [7, 11) is 1.63. The first-order valence-corrected chi connectivity index (χ1v) is 10.6. The lowest BCUT2D eigenvalue weighted by molar-refractivity contribution is -0.123. The molecule has 1 amide bonds. The van der Waals surface area contributed by atoms with E-state index in [1.165, 1.54) is 12.1 Å². The average molecular weight is 448 g/mol. The van der Waals surface area contributed by atoms with E-state index in [1.54, 1.807) is 19.2 Å². The van der Waals surface area contributed by atoms with Crippen molar-refractivity contribution in [2.75, 3.05) is 20.1 Å². The zero-order chi connectivity index (χ0) is 23.3. The minimum absolute atomic E-state index is 0.00176. The van der Waals surface area contributed by atoms with Crippen LogP contribution in [0.2, 0.25) is 0 Å². The normalized spacial score (nSPS) is 19.1. The molecule has 1 spiro atoms. The van der Waals surface area contributed by atoms with Crippen molar-refractivity contribution < 1.29 is 27.9 Å². The van der Waals surface area contributed by atoms with Crippen molar-refractivity contribution in [3.8, 4) is 0 Å². The molecule has 1 saturated heterocycles. The molecule has 2 N–H and O–H groups in total. The van der Waals surface area contributed by atoms with Gasteiger partial charge in [-0.1, -0.05) is 12.1 Å². The zero-order valence-electron chi connectivity index (χ0n) is 17.9. The molecule has 1 aliphatic carbocycles. The summed E-state index contributed by atoms with van der Waals surface area (Å²) < 4.78 is 40.7. The lowest BCUT2D eigenvalue weighted by Gasteiger charge is -2.40. The summed E-state index contributed by atoms with van der Waals surface area (Å²) in [5, 5.41) is 9.58. The van der Waals surface area contributed by atoms with Crippen LogP contribution in [-0.2, 0) is 21.5 Å². The van der Waals surface area contributed by atoms with E-state index in [-0.39, 0.29) is 29.5 Å². The maximum absolute atomic E-state index is 14.0. The van der Waals surface area contributed by atoms with E-state index in [9.17, 15) is 18.0 Å². The molecule has 1 unspecified atom stereocenters. The fourth-order valence-electron chi connectivity index (χ4n) is 5.05. The number of carbonyl (C=O) groups is 2.